The van der Waals surface area contributed by atoms with Crippen molar-refractivity contribution >= 4 is 0 Å². The molecule has 0 saturated heterocycles. The summed E-state index contributed by atoms with van der Waals surface area (Å²) in [6.07, 6.45) is 5.17. The van der Waals surface area contributed by atoms with Gasteiger partial charge in [-0.3, -0.25) is 4.98 Å². The standard InChI is InChI=1S/C7H5N3/c1-2-7-6(4-8-3-1)5-9-10-7/h1-5H. The van der Waals surface area contributed by atoms with Gasteiger partial charge in [0.1, 0.15) is 0 Å². The van der Waals surface area contributed by atoms with Crippen LogP contribution < -0.4 is 0 Å². The Labute approximate surface area is 58.1 Å². The van der Waals surface area contributed by atoms with Crippen LogP contribution in [0.2, 0.25) is 0 Å². The molecule has 0 radical (unpaired) electrons. The minimum absolute atomic E-state index is 0.887. The zero-order valence-corrected chi connectivity index (χ0v) is 5.23. The molecule has 0 amide bonds. The van der Waals surface area contributed by atoms with Crippen molar-refractivity contribution in [2.24, 2.45) is 0 Å². The highest BCUT2D eigenvalue weighted by molar-refractivity contribution is 5.56. The highest BCUT2D eigenvalue weighted by Crippen LogP contribution is 2.13. The van der Waals surface area contributed by atoms with Crippen LogP contribution in [0.1, 0.15) is 0 Å². The summed E-state index contributed by atoms with van der Waals surface area (Å²) < 4.78 is 0. The number of rotatable bonds is 0. The number of fused-ring (bicyclic) bond motifs is 1. The second-order valence-corrected chi connectivity index (χ2v) is 1.97. The summed E-state index contributed by atoms with van der Waals surface area (Å²) in [7, 11) is 0. The van der Waals surface area contributed by atoms with Gasteiger partial charge in [-0.15, -0.1) is 0 Å². The normalized spacial score (nSPS) is 10.0. The largest absolute Gasteiger partial charge is 0.264 e. The van der Waals surface area contributed by atoms with E-state index in [1.54, 1.807) is 18.6 Å². The Bertz CT molecular complexity index is 280. The summed E-state index contributed by atoms with van der Waals surface area (Å²) >= 11 is 0. The van der Waals surface area contributed by atoms with E-state index in [1.165, 1.54) is 0 Å². The van der Waals surface area contributed by atoms with E-state index in [9.17, 15) is 0 Å². The van der Waals surface area contributed by atoms with Crippen molar-refractivity contribution in [2.75, 3.05) is 0 Å². The molecule has 0 unspecified atom stereocenters. The molecule has 0 saturated carbocycles. The van der Waals surface area contributed by atoms with E-state index in [-0.39, 0.29) is 0 Å². The third-order valence-corrected chi connectivity index (χ3v) is 1.30. The van der Waals surface area contributed by atoms with Crippen molar-refractivity contribution in [1.29, 1.82) is 0 Å². The summed E-state index contributed by atoms with van der Waals surface area (Å²) in [4.78, 5) is 3.97. The summed E-state index contributed by atoms with van der Waals surface area (Å²) in [6.45, 7) is 0. The van der Waals surface area contributed by atoms with E-state index in [1.807, 2.05) is 12.1 Å². The molecule has 48 valence electrons. The van der Waals surface area contributed by atoms with Gasteiger partial charge in [-0.25, -0.2) is 0 Å². The van der Waals surface area contributed by atoms with Gasteiger partial charge in [-0.1, -0.05) is 0 Å². The summed E-state index contributed by atoms with van der Waals surface area (Å²) in [5.41, 5.74) is 1.86. The average Bonchev–Trinajstić information content (AvgIpc) is 2.28. The van der Waals surface area contributed by atoms with Gasteiger partial charge in [-0.05, 0) is 12.1 Å². The molecular weight excluding hydrogens is 126 g/mol. The summed E-state index contributed by atoms with van der Waals surface area (Å²) in [6, 6.07) is 3.73. The predicted octanol–water partition coefficient (Wildman–Crippen LogP) is 0.976. The van der Waals surface area contributed by atoms with Gasteiger partial charge in [0.25, 0.3) is 0 Å². The molecule has 2 aliphatic heterocycles. The van der Waals surface area contributed by atoms with Crippen LogP contribution in [0, 0.1) is 0 Å². The van der Waals surface area contributed by atoms with Gasteiger partial charge in [0.05, 0.1) is 11.9 Å². The van der Waals surface area contributed by atoms with Gasteiger partial charge >= 0.3 is 0 Å². The SMILES string of the molecule is c1cncc2cnnc-2c1. The smallest absolute Gasteiger partial charge is 0.0961 e. The number of hydrogen-bond acceptors (Lipinski definition) is 3. The van der Waals surface area contributed by atoms with E-state index in [2.05, 4.69) is 15.2 Å². The van der Waals surface area contributed by atoms with Crippen molar-refractivity contribution in [3.05, 3.63) is 30.7 Å². The van der Waals surface area contributed by atoms with E-state index in [0.717, 1.165) is 11.3 Å². The monoisotopic (exact) mass is 131 g/mol. The molecule has 3 nitrogen and oxygen atoms in total. The highest BCUT2D eigenvalue weighted by Gasteiger charge is 1.99. The number of aromatic nitrogens is 3. The average molecular weight is 131 g/mol. The lowest BCUT2D eigenvalue weighted by Gasteiger charge is -1.79. The Morgan fingerprint density at radius 2 is 2.20 bits per heavy atom. The minimum atomic E-state index is 0.887. The summed E-state index contributed by atoms with van der Waals surface area (Å²) in [5.74, 6) is 0. The molecule has 0 aromatic heterocycles. The predicted molar refractivity (Wildman–Crippen MR) is 36.4 cm³/mol. The highest BCUT2D eigenvalue weighted by atomic mass is 15.1. The maximum absolute atomic E-state index is 3.97. The molecule has 2 aliphatic rings. The topological polar surface area (TPSA) is 38.7 Å². The van der Waals surface area contributed by atoms with Crippen LogP contribution >= 0.6 is 0 Å². The molecular formula is C7H5N3. The molecule has 2 heterocycles. The van der Waals surface area contributed by atoms with Gasteiger partial charge in [0.2, 0.25) is 0 Å². The Hall–Kier alpha value is -1.51. The molecule has 0 aromatic carbocycles. The van der Waals surface area contributed by atoms with Gasteiger partial charge in [0.15, 0.2) is 0 Å². The fourth-order valence-corrected chi connectivity index (χ4v) is 0.813. The third-order valence-electron chi connectivity index (χ3n) is 1.30. The molecule has 0 spiro atoms. The van der Waals surface area contributed by atoms with Crippen LogP contribution in [-0.2, 0) is 0 Å². The zero-order chi connectivity index (χ0) is 6.81. The third kappa shape index (κ3) is 0.719. The van der Waals surface area contributed by atoms with Crippen LogP contribution in [0.25, 0.3) is 11.3 Å². The fourth-order valence-electron chi connectivity index (χ4n) is 0.813. The molecule has 0 fully saturated rings. The van der Waals surface area contributed by atoms with Crippen molar-refractivity contribution in [3.63, 3.8) is 0 Å². The van der Waals surface area contributed by atoms with E-state index < -0.39 is 0 Å². The first-order valence-corrected chi connectivity index (χ1v) is 2.98. The Balaban J connectivity index is 2.74. The zero-order valence-electron chi connectivity index (χ0n) is 5.23. The second-order valence-electron chi connectivity index (χ2n) is 1.97. The van der Waals surface area contributed by atoms with E-state index in [0.29, 0.717) is 0 Å². The Morgan fingerprint density at radius 3 is 3.20 bits per heavy atom. The quantitative estimate of drug-likeness (QED) is 0.534. The molecule has 3 heteroatoms. The lowest BCUT2D eigenvalue weighted by Crippen LogP contribution is -1.67. The van der Waals surface area contributed by atoms with E-state index >= 15 is 0 Å². The van der Waals surface area contributed by atoms with Crippen LogP contribution in [0.15, 0.2) is 30.7 Å². The van der Waals surface area contributed by atoms with Gasteiger partial charge in [-0.2, -0.15) is 10.2 Å². The van der Waals surface area contributed by atoms with Crippen molar-refractivity contribution in [2.45, 2.75) is 0 Å². The minimum Gasteiger partial charge on any atom is -0.264 e. The van der Waals surface area contributed by atoms with Crippen LogP contribution in [0.3, 0.4) is 0 Å². The summed E-state index contributed by atoms with van der Waals surface area (Å²) in [5, 5.41) is 7.61. The Morgan fingerprint density at radius 1 is 1.20 bits per heavy atom. The molecule has 0 atom stereocenters. The Kier molecular flexibility index (Phi) is 1.07. The molecule has 10 heavy (non-hydrogen) atoms. The van der Waals surface area contributed by atoms with E-state index in [4.69, 9.17) is 0 Å². The molecule has 0 N–H and O–H groups in total. The number of nitrogens with zero attached hydrogens (tertiary/aromatic N) is 3. The molecule has 0 bridgehead atoms. The molecule has 2 rings (SSSR count). The second kappa shape index (κ2) is 2.02. The number of hydrogen-bond donors (Lipinski definition) is 0. The van der Waals surface area contributed by atoms with Gasteiger partial charge in [0, 0.05) is 18.0 Å². The fraction of sp³-hybridized carbons (Fsp3) is 0. The van der Waals surface area contributed by atoms with Crippen LogP contribution in [0.4, 0.5) is 0 Å². The van der Waals surface area contributed by atoms with Crippen molar-refractivity contribution < 1.29 is 0 Å². The lowest BCUT2D eigenvalue weighted by molar-refractivity contribution is 1.10. The molecule has 0 aliphatic carbocycles. The lowest BCUT2D eigenvalue weighted by atomic mass is 10.3. The first-order chi connectivity index (χ1) is 4.97. The maximum atomic E-state index is 3.97. The maximum Gasteiger partial charge on any atom is 0.0961 e. The van der Waals surface area contributed by atoms with Crippen molar-refractivity contribution in [1.82, 2.24) is 15.2 Å². The van der Waals surface area contributed by atoms with Crippen molar-refractivity contribution in [3.8, 4) is 11.3 Å². The van der Waals surface area contributed by atoms with Gasteiger partial charge < -0.3 is 0 Å². The van der Waals surface area contributed by atoms with Crippen LogP contribution in [-0.4, -0.2) is 15.2 Å². The first-order valence-electron chi connectivity index (χ1n) is 2.98. The first kappa shape index (κ1) is 5.29. The van der Waals surface area contributed by atoms with Crippen LogP contribution in [0.5, 0.6) is 0 Å². The molecule has 0 aromatic rings.